The molecule has 100 valence electrons. The number of carbonyl (C=O) groups is 1. The minimum Gasteiger partial charge on any atom is -0.299 e. The molecule has 1 unspecified atom stereocenters. The third-order valence-electron chi connectivity index (χ3n) is 3.45. The van der Waals surface area contributed by atoms with Crippen molar-refractivity contribution >= 4 is 17.1 Å². The van der Waals surface area contributed by atoms with E-state index < -0.39 is 0 Å². The zero-order valence-electron chi connectivity index (χ0n) is 11.6. The summed E-state index contributed by atoms with van der Waals surface area (Å²) in [6.45, 7) is 6.17. The lowest BCUT2D eigenvalue weighted by molar-refractivity contribution is -0.122. The van der Waals surface area contributed by atoms with Crippen LogP contribution in [0.5, 0.6) is 0 Å². The van der Waals surface area contributed by atoms with Crippen molar-refractivity contribution in [2.24, 2.45) is 11.8 Å². The molecule has 0 aliphatic rings. The molecule has 0 fully saturated rings. The quantitative estimate of drug-likeness (QED) is 0.816. The van der Waals surface area contributed by atoms with Gasteiger partial charge in [-0.25, -0.2) is 4.98 Å². The maximum atomic E-state index is 12.1. The molecule has 0 saturated carbocycles. The van der Waals surface area contributed by atoms with Crippen molar-refractivity contribution in [2.45, 2.75) is 27.2 Å². The molecule has 1 aromatic heterocycles. The molecule has 19 heavy (non-hydrogen) atoms. The lowest BCUT2D eigenvalue weighted by Gasteiger charge is -2.12. The van der Waals surface area contributed by atoms with E-state index in [1.807, 2.05) is 42.6 Å². The van der Waals surface area contributed by atoms with Gasteiger partial charge in [-0.1, -0.05) is 51.1 Å². The first-order valence-corrected chi connectivity index (χ1v) is 7.48. The Balaban J connectivity index is 2.08. The molecular formula is C16H19NOS. The van der Waals surface area contributed by atoms with Gasteiger partial charge < -0.3 is 0 Å². The number of nitrogens with zero attached hydrogens (tertiary/aromatic N) is 1. The van der Waals surface area contributed by atoms with Crippen molar-refractivity contribution in [1.29, 1.82) is 0 Å². The number of Topliss-reactive ketones (excluding diaryl/α,β-unsaturated/α-hetero) is 1. The Morgan fingerprint density at radius 2 is 1.89 bits per heavy atom. The lowest BCUT2D eigenvalue weighted by Crippen LogP contribution is -2.18. The van der Waals surface area contributed by atoms with Gasteiger partial charge in [0.25, 0.3) is 0 Å². The summed E-state index contributed by atoms with van der Waals surface area (Å²) >= 11 is 1.57. The number of aromatic nitrogens is 1. The fourth-order valence-corrected chi connectivity index (χ4v) is 2.63. The van der Waals surface area contributed by atoms with E-state index in [0.29, 0.717) is 12.3 Å². The Kier molecular flexibility index (Phi) is 4.48. The maximum Gasteiger partial charge on any atom is 0.142 e. The van der Waals surface area contributed by atoms with Crippen LogP contribution in [0.25, 0.3) is 11.3 Å². The number of rotatable bonds is 5. The third kappa shape index (κ3) is 3.51. The van der Waals surface area contributed by atoms with Gasteiger partial charge in [-0.05, 0) is 5.92 Å². The molecule has 0 saturated heterocycles. The molecular weight excluding hydrogens is 254 g/mol. The molecule has 1 atom stereocenters. The van der Waals surface area contributed by atoms with Gasteiger partial charge in [0.15, 0.2) is 0 Å². The predicted octanol–water partition coefficient (Wildman–Crippen LogP) is 4.21. The smallest absolute Gasteiger partial charge is 0.142 e. The number of hydrogen-bond acceptors (Lipinski definition) is 3. The molecule has 2 nitrogen and oxygen atoms in total. The zero-order valence-corrected chi connectivity index (χ0v) is 12.4. The van der Waals surface area contributed by atoms with Crippen LogP contribution >= 0.6 is 11.3 Å². The van der Waals surface area contributed by atoms with E-state index in [9.17, 15) is 4.79 Å². The molecule has 0 aliphatic heterocycles. The van der Waals surface area contributed by atoms with Crippen LogP contribution in [0, 0.1) is 11.8 Å². The number of benzene rings is 1. The van der Waals surface area contributed by atoms with Gasteiger partial charge in [0.05, 0.1) is 12.1 Å². The molecule has 1 heterocycles. The Morgan fingerprint density at radius 3 is 2.53 bits per heavy atom. The monoisotopic (exact) mass is 273 g/mol. The average molecular weight is 273 g/mol. The van der Waals surface area contributed by atoms with Crippen LogP contribution in [0.3, 0.4) is 0 Å². The number of thiazole rings is 1. The summed E-state index contributed by atoms with van der Waals surface area (Å²) in [4.78, 5) is 16.6. The first-order valence-electron chi connectivity index (χ1n) is 6.60. The van der Waals surface area contributed by atoms with Crippen LogP contribution in [0.2, 0.25) is 0 Å². The zero-order chi connectivity index (χ0) is 13.8. The van der Waals surface area contributed by atoms with E-state index in [-0.39, 0.29) is 11.7 Å². The minimum atomic E-state index is 0.101. The van der Waals surface area contributed by atoms with Crippen molar-refractivity contribution < 1.29 is 4.79 Å². The van der Waals surface area contributed by atoms with E-state index in [1.165, 1.54) is 0 Å². The minimum absolute atomic E-state index is 0.101. The van der Waals surface area contributed by atoms with Gasteiger partial charge in [0.2, 0.25) is 0 Å². The van der Waals surface area contributed by atoms with Crippen LogP contribution in [-0.4, -0.2) is 10.8 Å². The average Bonchev–Trinajstić information content (AvgIpc) is 2.87. The van der Waals surface area contributed by atoms with Crippen LogP contribution in [0.4, 0.5) is 0 Å². The van der Waals surface area contributed by atoms with E-state index in [0.717, 1.165) is 16.3 Å². The lowest BCUT2D eigenvalue weighted by atomic mass is 9.92. The second-order valence-electron chi connectivity index (χ2n) is 5.17. The highest BCUT2D eigenvalue weighted by Gasteiger charge is 2.18. The van der Waals surface area contributed by atoms with Gasteiger partial charge in [-0.2, -0.15) is 0 Å². The standard InChI is InChI=1S/C16H19NOS/c1-11(2)12(3)15(18)9-16-17-14(10-19-16)13-7-5-4-6-8-13/h4-8,10-12H,9H2,1-3H3. The number of hydrogen-bond donors (Lipinski definition) is 0. The highest BCUT2D eigenvalue weighted by molar-refractivity contribution is 7.10. The van der Waals surface area contributed by atoms with E-state index in [1.54, 1.807) is 11.3 Å². The van der Waals surface area contributed by atoms with Crippen LogP contribution in [0.1, 0.15) is 25.8 Å². The molecule has 2 aromatic rings. The second-order valence-corrected chi connectivity index (χ2v) is 6.11. The third-order valence-corrected chi connectivity index (χ3v) is 4.30. The Hall–Kier alpha value is -1.48. The summed E-state index contributed by atoms with van der Waals surface area (Å²) in [6.07, 6.45) is 0.455. The highest BCUT2D eigenvalue weighted by Crippen LogP contribution is 2.23. The normalized spacial score (nSPS) is 12.6. The Bertz CT molecular complexity index is 545. The van der Waals surface area contributed by atoms with Crippen LogP contribution in [-0.2, 0) is 11.2 Å². The van der Waals surface area contributed by atoms with Gasteiger partial charge in [0.1, 0.15) is 10.8 Å². The van der Waals surface area contributed by atoms with Gasteiger partial charge in [0, 0.05) is 16.9 Å². The molecule has 0 spiro atoms. The number of carbonyl (C=O) groups excluding carboxylic acids is 1. The maximum absolute atomic E-state index is 12.1. The Morgan fingerprint density at radius 1 is 1.21 bits per heavy atom. The van der Waals surface area contributed by atoms with Gasteiger partial charge >= 0.3 is 0 Å². The van der Waals surface area contributed by atoms with Crippen LogP contribution in [0.15, 0.2) is 35.7 Å². The summed E-state index contributed by atoms with van der Waals surface area (Å²) in [7, 11) is 0. The first-order chi connectivity index (χ1) is 9.08. The first kappa shape index (κ1) is 13.9. The van der Waals surface area contributed by atoms with Crippen molar-refractivity contribution in [1.82, 2.24) is 4.98 Å². The highest BCUT2D eigenvalue weighted by atomic mass is 32.1. The summed E-state index contributed by atoms with van der Waals surface area (Å²) in [6, 6.07) is 10.1. The van der Waals surface area contributed by atoms with E-state index in [2.05, 4.69) is 18.8 Å². The fourth-order valence-electron chi connectivity index (χ4n) is 1.82. The summed E-state index contributed by atoms with van der Waals surface area (Å²) in [5, 5.41) is 2.94. The van der Waals surface area contributed by atoms with Crippen molar-refractivity contribution in [2.75, 3.05) is 0 Å². The van der Waals surface area contributed by atoms with E-state index >= 15 is 0 Å². The molecule has 0 bridgehead atoms. The second kappa shape index (κ2) is 6.11. The topological polar surface area (TPSA) is 30.0 Å². The summed E-state index contributed by atoms with van der Waals surface area (Å²) < 4.78 is 0. The summed E-state index contributed by atoms with van der Waals surface area (Å²) in [5.74, 6) is 0.772. The van der Waals surface area contributed by atoms with Gasteiger partial charge in [-0.15, -0.1) is 11.3 Å². The molecule has 0 N–H and O–H groups in total. The largest absolute Gasteiger partial charge is 0.299 e. The fraction of sp³-hybridized carbons (Fsp3) is 0.375. The molecule has 0 aliphatic carbocycles. The SMILES string of the molecule is CC(C)C(C)C(=O)Cc1nc(-c2ccccc2)cs1. The summed E-state index contributed by atoms with van der Waals surface area (Å²) in [5.41, 5.74) is 2.07. The van der Waals surface area contributed by atoms with Crippen molar-refractivity contribution in [3.8, 4) is 11.3 Å². The molecule has 1 aromatic carbocycles. The Labute approximate surface area is 118 Å². The molecule has 2 rings (SSSR count). The van der Waals surface area contributed by atoms with Gasteiger partial charge in [-0.3, -0.25) is 4.79 Å². The molecule has 3 heteroatoms. The predicted molar refractivity (Wildman–Crippen MR) is 80.3 cm³/mol. The van der Waals surface area contributed by atoms with Crippen molar-refractivity contribution in [3.63, 3.8) is 0 Å². The van der Waals surface area contributed by atoms with Crippen molar-refractivity contribution in [3.05, 3.63) is 40.7 Å². The molecule has 0 radical (unpaired) electrons. The number of ketones is 1. The van der Waals surface area contributed by atoms with E-state index in [4.69, 9.17) is 0 Å². The molecule has 0 amide bonds. The van der Waals surface area contributed by atoms with Crippen LogP contribution < -0.4 is 0 Å².